The Kier molecular flexibility index (Phi) is 5.21. The van der Waals surface area contributed by atoms with E-state index in [1.807, 2.05) is 32.0 Å². The molecule has 0 aliphatic rings. The van der Waals surface area contributed by atoms with E-state index in [-0.39, 0.29) is 5.82 Å². The van der Waals surface area contributed by atoms with Crippen LogP contribution in [0.4, 0.5) is 5.69 Å². The number of anilines is 1. The maximum absolute atomic E-state index is 12.7. The first-order valence-corrected chi connectivity index (χ1v) is 8.75. The lowest BCUT2D eigenvalue weighted by Crippen LogP contribution is -2.15. The van der Waals surface area contributed by atoms with Gasteiger partial charge in [-0.1, -0.05) is 32.0 Å². The number of carbonyl (C=O) groups excluding carboxylic acids is 1. The van der Waals surface area contributed by atoms with Crippen LogP contribution in [0, 0.1) is 13.8 Å². The number of pyridine rings is 1. The zero-order valence-corrected chi connectivity index (χ0v) is 16.1. The molecule has 2 aromatic heterocycles. The quantitative estimate of drug-likeness (QED) is 0.746. The lowest BCUT2D eigenvalue weighted by atomic mass is 10.0. The molecule has 1 amide bonds. The van der Waals surface area contributed by atoms with Gasteiger partial charge in [-0.15, -0.1) is 5.10 Å². The van der Waals surface area contributed by atoms with Gasteiger partial charge in [0.25, 0.3) is 5.91 Å². The number of aryl methyl sites for hydroxylation is 2. The summed E-state index contributed by atoms with van der Waals surface area (Å²) in [6, 6.07) is 9.78. The first-order chi connectivity index (χ1) is 12.9. The molecule has 0 aliphatic carbocycles. The van der Waals surface area contributed by atoms with Crippen LogP contribution < -0.4 is 10.1 Å². The van der Waals surface area contributed by atoms with Crippen LogP contribution in [0.5, 0.6) is 5.88 Å². The molecule has 0 atom stereocenters. The first kappa shape index (κ1) is 18.6. The Hall–Kier alpha value is -3.22. The van der Waals surface area contributed by atoms with Gasteiger partial charge in [0, 0.05) is 6.20 Å². The number of carbonyl (C=O) groups is 1. The van der Waals surface area contributed by atoms with E-state index in [9.17, 15) is 4.79 Å². The van der Waals surface area contributed by atoms with Crippen LogP contribution in [0.2, 0.25) is 0 Å². The van der Waals surface area contributed by atoms with Crippen molar-refractivity contribution in [3.63, 3.8) is 0 Å². The van der Waals surface area contributed by atoms with E-state index in [0.29, 0.717) is 23.3 Å². The molecule has 7 nitrogen and oxygen atoms in total. The van der Waals surface area contributed by atoms with Crippen molar-refractivity contribution in [1.82, 2.24) is 19.7 Å². The van der Waals surface area contributed by atoms with E-state index in [2.05, 4.69) is 40.3 Å². The number of rotatable bonds is 5. The summed E-state index contributed by atoms with van der Waals surface area (Å²) in [5, 5.41) is 7.21. The zero-order chi connectivity index (χ0) is 19.6. The largest absolute Gasteiger partial charge is 0.480 e. The van der Waals surface area contributed by atoms with Gasteiger partial charge in [0.15, 0.2) is 0 Å². The topological polar surface area (TPSA) is 81.9 Å². The van der Waals surface area contributed by atoms with Crippen molar-refractivity contribution in [3.05, 3.63) is 59.3 Å². The second kappa shape index (κ2) is 7.57. The van der Waals surface area contributed by atoms with Gasteiger partial charge >= 0.3 is 0 Å². The van der Waals surface area contributed by atoms with Crippen LogP contribution in [-0.4, -0.2) is 32.8 Å². The van der Waals surface area contributed by atoms with Gasteiger partial charge in [0.05, 0.1) is 12.8 Å². The van der Waals surface area contributed by atoms with Crippen molar-refractivity contribution in [1.29, 1.82) is 0 Å². The Bertz CT molecular complexity index is 978. The number of ether oxygens (including phenoxy) is 1. The fraction of sp³-hybridized carbons (Fsp3) is 0.300. The summed E-state index contributed by atoms with van der Waals surface area (Å²) in [5.41, 5.74) is 3.46. The van der Waals surface area contributed by atoms with Crippen molar-refractivity contribution in [3.8, 4) is 11.6 Å². The molecule has 0 radical (unpaired) electrons. The Balaban J connectivity index is 1.93. The molecule has 3 aromatic rings. The summed E-state index contributed by atoms with van der Waals surface area (Å²) < 4.78 is 6.91. The van der Waals surface area contributed by atoms with Crippen molar-refractivity contribution in [2.75, 3.05) is 12.4 Å². The summed E-state index contributed by atoms with van der Waals surface area (Å²) in [7, 11) is 1.51. The van der Waals surface area contributed by atoms with Crippen LogP contribution >= 0.6 is 0 Å². The van der Waals surface area contributed by atoms with Crippen LogP contribution in [0.1, 0.15) is 47.3 Å². The Morgan fingerprint density at radius 3 is 2.67 bits per heavy atom. The Labute approximate surface area is 158 Å². The van der Waals surface area contributed by atoms with Gasteiger partial charge < -0.3 is 10.1 Å². The molecule has 0 saturated heterocycles. The second-order valence-corrected chi connectivity index (χ2v) is 6.63. The van der Waals surface area contributed by atoms with Crippen molar-refractivity contribution in [2.45, 2.75) is 33.6 Å². The van der Waals surface area contributed by atoms with Gasteiger partial charge in [-0.3, -0.25) is 4.79 Å². The minimum atomic E-state index is -0.412. The zero-order valence-electron chi connectivity index (χ0n) is 16.1. The van der Waals surface area contributed by atoms with Crippen molar-refractivity contribution >= 4 is 11.6 Å². The SMILES string of the molecule is COc1ncc(C)cc1NC(=O)c1nc(C)n(-c2ccccc2C(C)C)n1. The number of para-hydroxylation sites is 1. The molecule has 0 bridgehead atoms. The van der Waals surface area contributed by atoms with Crippen molar-refractivity contribution in [2.24, 2.45) is 0 Å². The van der Waals surface area contributed by atoms with Crippen LogP contribution in [0.25, 0.3) is 5.69 Å². The summed E-state index contributed by atoms with van der Waals surface area (Å²) >= 11 is 0. The predicted molar refractivity (Wildman–Crippen MR) is 104 cm³/mol. The van der Waals surface area contributed by atoms with E-state index >= 15 is 0 Å². The normalized spacial score (nSPS) is 10.9. The number of hydrogen-bond acceptors (Lipinski definition) is 5. The number of aromatic nitrogens is 4. The molecule has 1 N–H and O–H groups in total. The molecular formula is C20H23N5O2. The maximum Gasteiger partial charge on any atom is 0.295 e. The van der Waals surface area contributed by atoms with Crippen LogP contribution in [0.3, 0.4) is 0 Å². The Morgan fingerprint density at radius 1 is 1.22 bits per heavy atom. The highest BCUT2D eigenvalue weighted by Crippen LogP contribution is 2.24. The summed E-state index contributed by atoms with van der Waals surface area (Å²) in [6.07, 6.45) is 1.68. The maximum atomic E-state index is 12.7. The van der Waals surface area contributed by atoms with Gasteiger partial charge in [-0.2, -0.15) is 0 Å². The molecule has 0 fully saturated rings. The fourth-order valence-corrected chi connectivity index (χ4v) is 2.87. The molecule has 2 heterocycles. The van der Waals surface area contributed by atoms with E-state index < -0.39 is 5.91 Å². The summed E-state index contributed by atoms with van der Waals surface area (Å²) in [6.45, 7) is 7.96. The number of methoxy groups -OCH3 is 1. The molecule has 140 valence electrons. The van der Waals surface area contributed by atoms with Crippen LogP contribution in [0.15, 0.2) is 36.5 Å². The molecule has 27 heavy (non-hydrogen) atoms. The summed E-state index contributed by atoms with van der Waals surface area (Å²) in [4.78, 5) is 21.2. The number of nitrogens with one attached hydrogen (secondary N) is 1. The molecular weight excluding hydrogens is 342 g/mol. The molecule has 0 aliphatic heterocycles. The number of nitrogens with zero attached hydrogens (tertiary/aromatic N) is 4. The lowest BCUT2D eigenvalue weighted by Gasteiger charge is -2.12. The number of benzene rings is 1. The monoisotopic (exact) mass is 365 g/mol. The predicted octanol–water partition coefficient (Wildman–Crippen LogP) is 3.66. The highest BCUT2D eigenvalue weighted by Gasteiger charge is 2.19. The average molecular weight is 365 g/mol. The van der Waals surface area contributed by atoms with E-state index in [1.54, 1.807) is 16.9 Å². The third-order valence-corrected chi connectivity index (χ3v) is 4.19. The molecule has 0 unspecified atom stereocenters. The molecule has 0 saturated carbocycles. The second-order valence-electron chi connectivity index (χ2n) is 6.63. The average Bonchev–Trinajstić information content (AvgIpc) is 3.03. The molecule has 0 spiro atoms. The standard InChI is InChI=1S/C20H23N5O2/c1-12(2)15-8-6-7-9-17(15)25-14(4)22-18(24-25)19(26)23-16-10-13(3)11-21-20(16)27-5/h6-12H,1-5H3,(H,23,26). The van der Waals surface area contributed by atoms with E-state index in [4.69, 9.17) is 4.74 Å². The van der Waals surface area contributed by atoms with Gasteiger partial charge in [0.2, 0.25) is 11.7 Å². The minimum absolute atomic E-state index is 0.0922. The molecule has 3 rings (SSSR count). The van der Waals surface area contributed by atoms with E-state index in [1.165, 1.54) is 7.11 Å². The minimum Gasteiger partial charge on any atom is -0.480 e. The summed E-state index contributed by atoms with van der Waals surface area (Å²) in [5.74, 6) is 0.988. The highest BCUT2D eigenvalue weighted by atomic mass is 16.5. The fourth-order valence-electron chi connectivity index (χ4n) is 2.87. The highest BCUT2D eigenvalue weighted by molar-refractivity contribution is 6.02. The molecule has 7 heteroatoms. The van der Waals surface area contributed by atoms with Crippen molar-refractivity contribution < 1.29 is 9.53 Å². The van der Waals surface area contributed by atoms with Gasteiger partial charge in [-0.05, 0) is 43.0 Å². The third-order valence-electron chi connectivity index (χ3n) is 4.19. The third kappa shape index (κ3) is 3.81. The van der Waals surface area contributed by atoms with Crippen LogP contribution in [-0.2, 0) is 0 Å². The number of amides is 1. The number of hydrogen-bond donors (Lipinski definition) is 1. The van der Waals surface area contributed by atoms with E-state index in [0.717, 1.165) is 16.8 Å². The Morgan fingerprint density at radius 2 is 1.96 bits per heavy atom. The van der Waals surface area contributed by atoms with Gasteiger partial charge in [-0.25, -0.2) is 14.6 Å². The first-order valence-electron chi connectivity index (χ1n) is 8.75. The smallest absolute Gasteiger partial charge is 0.295 e. The van der Waals surface area contributed by atoms with Gasteiger partial charge in [0.1, 0.15) is 11.5 Å². The lowest BCUT2D eigenvalue weighted by molar-refractivity contribution is 0.101. The molecule has 1 aromatic carbocycles.